The lowest BCUT2D eigenvalue weighted by Gasteiger charge is -2.03. The van der Waals surface area contributed by atoms with E-state index >= 15 is 0 Å². The van der Waals surface area contributed by atoms with Gasteiger partial charge in [-0.3, -0.25) is 9.11 Å². The summed E-state index contributed by atoms with van der Waals surface area (Å²) in [6, 6.07) is 0. The zero-order valence-corrected chi connectivity index (χ0v) is 7.73. The SMILES string of the molecule is N#CSC(S(=O)(=O)O)S(=O)(=O)O. The molecule has 0 unspecified atom stereocenters. The molecule has 0 spiro atoms. The molecule has 0 fully saturated rings. The number of hydrogen-bond acceptors (Lipinski definition) is 6. The molecule has 0 aliphatic rings. The van der Waals surface area contributed by atoms with Gasteiger partial charge in [0.05, 0.1) is 0 Å². The van der Waals surface area contributed by atoms with Crippen LogP contribution in [0.4, 0.5) is 0 Å². The normalized spacial score (nSPS) is 12.8. The summed E-state index contributed by atoms with van der Waals surface area (Å²) in [4.78, 5) is 0. The summed E-state index contributed by atoms with van der Waals surface area (Å²) in [7, 11) is -9.96. The van der Waals surface area contributed by atoms with E-state index in [-0.39, 0.29) is 11.8 Å². The van der Waals surface area contributed by atoms with Gasteiger partial charge in [0, 0.05) is 0 Å². The van der Waals surface area contributed by atoms with Gasteiger partial charge in [-0.25, -0.2) is 0 Å². The number of nitriles is 1. The minimum Gasteiger partial charge on any atom is -0.284 e. The molecular formula is C2H3NO6S3. The highest BCUT2D eigenvalue weighted by Gasteiger charge is 2.36. The van der Waals surface area contributed by atoms with E-state index in [9.17, 15) is 16.8 Å². The molecule has 0 amide bonds. The summed E-state index contributed by atoms with van der Waals surface area (Å²) in [6.07, 6.45) is 0. The minimum absolute atomic E-state index is 0.280. The second-order valence-corrected chi connectivity index (χ2v) is 6.32. The van der Waals surface area contributed by atoms with Crippen molar-refractivity contribution in [2.75, 3.05) is 0 Å². The molecule has 0 atom stereocenters. The van der Waals surface area contributed by atoms with Crippen LogP contribution in [0.5, 0.6) is 0 Å². The molecule has 2 N–H and O–H groups in total. The van der Waals surface area contributed by atoms with Crippen molar-refractivity contribution in [2.45, 2.75) is 3.91 Å². The highest BCUT2D eigenvalue weighted by Crippen LogP contribution is 2.19. The van der Waals surface area contributed by atoms with Gasteiger partial charge in [-0.2, -0.15) is 22.1 Å². The molecule has 0 heterocycles. The first-order chi connectivity index (χ1) is 5.19. The average molecular weight is 233 g/mol. The van der Waals surface area contributed by atoms with Crippen molar-refractivity contribution in [1.29, 1.82) is 5.26 Å². The Kier molecular flexibility index (Phi) is 3.48. The van der Waals surface area contributed by atoms with Crippen LogP contribution in [0, 0.1) is 10.7 Å². The zero-order valence-electron chi connectivity index (χ0n) is 5.28. The van der Waals surface area contributed by atoms with E-state index in [1.165, 1.54) is 0 Å². The lowest BCUT2D eigenvalue weighted by atomic mass is 11.8. The molecule has 0 saturated carbocycles. The van der Waals surface area contributed by atoms with E-state index < -0.39 is 24.2 Å². The van der Waals surface area contributed by atoms with Crippen molar-refractivity contribution in [3.8, 4) is 5.40 Å². The second kappa shape index (κ2) is 3.58. The molecule has 0 aromatic heterocycles. The van der Waals surface area contributed by atoms with Crippen LogP contribution in [0.2, 0.25) is 0 Å². The Morgan fingerprint density at radius 2 is 1.50 bits per heavy atom. The predicted molar refractivity (Wildman–Crippen MR) is 40.1 cm³/mol. The van der Waals surface area contributed by atoms with Crippen molar-refractivity contribution in [3.63, 3.8) is 0 Å². The van der Waals surface area contributed by atoms with E-state index in [0.717, 1.165) is 5.40 Å². The Morgan fingerprint density at radius 1 is 1.17 bits per heavy atom. The molecule has 0 aliphatic heterocycles. The van der Waals surface area contributed by atoms with Gasteiger partial charge in [0.1, 0.15) is 5.40 Å². The number of nitrogens with zero attached hydrogens (tertiary/aromatic N) is 1. The average Bonchev–Trinajstić information content (AvgIpc) is 1.77. The Morgan fingerprint density at radius 3 is 1.58 bits per heavy atom. The minimum atomic E-state index is -4.98. The lowest BCUT2D eigenvalue weighted by molar-refractivity contribution is 0.468. The van der Waals surface area contributed by atoms with Crippen molar-refractivity contribution < 1.29 is 25.9 Å². The fraction of sp³-hybridized carbons (Fsp3) is 0.500. The van der Waals surface area contributed by atoms with Gasteiger partial charge in [-0.05, 0) is 11.8 Å². The van der Waals surface area contributed by atoms with Gasteiger partial charge in [0.15, 0.2) is 0 Å². The smallest absolute Gasteiger partial charge is 0.284 e. The van der Waals surface area contributed by atoms with E-state index in [1.807, 2.05) is 0 Å². The van der Waals surface area contributed by atoms with Crippen LogP contribution in [-0.2, 0) is 20.2 Å². The molecule has 12 heavy (non-hydrogen) atoms. The first kappa shape index (κ1) is 11.7. The Hall–Kier alpha value is -0.340. The standard InChI is InChI=1S/C2H3NO6S3/c3-1-10-2(11(4,5)6)12(7,8)9/h2H,(H,4,5,6)(H,7,8,9). The lowest BCUT2D eigenvalue weighted by Crippen LogP contribution is -2.25. The Labute approximate surface area is 72.9 Å². The summed E-state index contributed by atoms with van der Waals surface area (Å²) < 4.78 is 54.7. The van der Waals surface area contributed by atoms with E-state index in [0.29, 0.717) is 0 Å². The first-order valence-corrected chi connectivity index (χ1v) is 6.05. The fourth-order valence-corrected chi connectivity index (χ4v) is 2.86. The van der Waals surface area contributed by atoms with Gasteiger partial charge in [-0.15, -0.1) is 0 Å². The molecule has 0 saturated heterocycles. The van der Waals surface area contributed by atoms with Gasteiger partial charge >= 0.3 is 0 Å². The molecule has 0 bridgehead atoms. The number of thiocyanates is 1. The fourth-order valence-electron chi connectivity index (χ4n) is 0.318. The molecule has 0 aromatic rings. The maximum absolute atomic E-state index is 10.2. The molecule has 0 aliphatic carbocycles. The van der Waals surface area contributed by atoms with Crippen LogP contribution in [0.3, 0.4) is 0 Å². The van der Waals surface area contributed by atoms with Crippen molar-refractivity contribution in [2.24, 2.45) is 0 Å². The predicted octanol–water partition coefficient (Wildman–Crippen LogP) is -0.740. The van der Waals surface area contributed by atoms with Crippen molar-refractivity contribution in [1.82, 2.24) is 0 Å². The maximum Gasteiger partial charge on any atom is 0.295 e. The molecule has 7 nitrogen and oxygen atoms in total. The van der Waals surface area contributed by atoms with Gasteiger partial charge in [0.2, 0.25) is 0 Å². The van der Waals surface area contributed by atoms with Crippen LogP contribution in [0.15, 0.2) is 0 Å². The molecule has 0 rings (SSSR count). The van der Waals surface area contributed by atoms with Crippen molar-refractivity contribution >= 4 is 32.0 Å². The van der Waals surface area contributed by atoms with Gasteiger partial charge in [-0.1, -0.05) is 0 Å². The summed E-state index contributed by atoms with van der Waals surface area (Å²) in [6.45, 7) is 0. The second-order valence-electron chi connectivity index (χ2n) is 1.53. The summed E-state index contributed by atoms with van der Waals surface area (Å²) in [5.74, 6) is 0. The van der Waals surface area contributed by atoms with E-state index in [1.54, 1.807) is 0 Å². The monoisotopic (exact) mass is 233 g/mol. The Balaban J connectivity index is 5.14. The summed E-state index contributed by atoms with van der Waals surface area (Å²) in [5.41, 5.74) is 0. The van der Waals surface area contributed by atoms with Crippen LogP contribution < -0.4 is 0 Å². The molecule has 0 radical (unpaired) electrons. The highest BCUT2D eigenvalue weighted by atomic mass is 32.3. The van der Waals surface area contributed by atoms with Crippen LogP contribution in [-0.4, -0.2) is 29.9 Å². The molecule has 10 heteroatoms. The van der Waals surface area contributed by atoms with E-state index in [4.69, 9.17) is 14.4 Å². The number of hydrogen-bond donors (Lipinski definition) is 2. The Bertz CT molecular complexity index is 353. The third-order valence-electron chi connectivity index (χ3n) is 0.635. The largest absolute Gasteiger partial charge is 0.295 e. The van der Waals surface area contributed by atoms with E-state index in [2.05, 4.69) is 0 Å². The molecule has 70 valence electrons. The van der Waals surface area contributed by atoms with Crippen LogP contribution in [0.25, 0.3) is 0 Å². The quantitative estimate of drug-likeness (QED) is 0.481. The van der Waals surface area contributed by atoms with Crippen LogP contribution >= 0.6 is 11.8 Å². The van der Waals surface area contributed by atoms with Gasteiger partial charge in [0.25, 0.3) is 24.2 Å². The molecular weight excluding hydrogens is 230 g/mol. The molecule has 0 aromatic carbocycles. The zero-order chi connectivity index (χ0) is 9.99. The maximum atomic E-state index is 10.2. The van der Waals surface area contributed by atoms with Crippen LogP contribution in [0.1, 0.15) is 0 Å². The first-order valence-electron chi connectivity index (χ1n) is 2.17. The third kappa shape index (κ3) is 3.37. The summed E-state index contributed by atoms with van der Waals surface area (Å²) >= 11 is -0.280. The topological polar surface area (TPSA) is 133 Å². The number of rotatable bonds is 3. The highest BCUT2D eigenvalue weighted by molar-refractivity contribution is 8.26. The van der Waals surface area contributed by atoms with Gasteiger partial charge < -0.3 is 0 Å². The van der Waals surface area contributed by atoms with Crippen molar-refractivity contribution in [3.05, 3.63) is 0 Å². The summed E-state index contributed by atoms with van der Waals surface area (Å²) in [5, 5.41) is 9.04. The number of thioether (sulfide) groups is 1. The third-order valence-corrected chi connectivity index (χ3v) is 5.40.